The van der Waals surface area contributed by atoms with Crippen LogP contribution in [0.5, 0.6) is 5.75 Å². The number of hydrogen-bond donors (Lipinski definition) is 1. The van der Waals surface area contributed by atoms with Gasteiger partial charge in [0, 0.05) is 6.54 Å². The van der Waals surface area contributed by atoms with Gasteiger partial charge in [-0.3, -0.25) is 0 Å². The molecule has 0 saturated carbocycles. The molecule has 0 aromatic heterocycles. The molecule has 1 N–H and O–H groups in total. The first-order chi connectivity index (χ1) is 6.11. The second-order valence-electron chi connectivity index (χ2n) is 3.72. The second-order valence-corrected chi connectivity index (χ2v) is 3.72. The van der Waals surface area contributed by atoms with Crippen molar-refractivity contribution < 1.29 is 5.11 Å². The van der Waals surface area contributed by atoms with Crippen LogP contribution in [0.3, 0.4) is 0 Å². The number of aromatic hydroxyl groups is 1. The second kappa shape index (κ2) is 4.28. The van der Waals surface area contributed by atoms with Crippen LogP contribution >= 0.6 is 0 Å². The van der Waals surface area contributed by atoms with E-state index in [9.17, 15) is 5.11 Å². The molecule has 0 aliphatic rings. The smallest absolute Gasteiger partial charge is 0.119 e. The van der Waals surface area contributed by atoms with Gasteiger partial charge in [-0.2, -0.15) is 0 Å². The Balaban J connectivity index is 2.76. The summed E-state index contributed by atoms with van der Waals surface area (Å²) in [7, 11) is 4.08. The molecule has 0 amide bonds. The van der Waals surface area contributed by atoms with Crippen molar-refractivity contribution in [1.29, 1.82) is 0 Å². The molecule has 0 saturated heterocycles. The molecule has 0 radical (unpaired) electrons. The van der Waals surface area contributed by atoms with Gasteiger partial charge >= 0.3 is 0 Å². The average Bonchev–Trinajstić information content (AvgIpc) is 2.03. The summed E-state index contributed by atoms with van der Waals surface area (Å²) in [6.07, 6.45) is 0. The molecule has 1 aromatic rings. The lowest BCUT2D eigenvalue weighted by Crippen LogP contribution is -2.18. The number of para-hydroxylation sites is 1. The summed E-state index contributed by atoms with van der Waals surface area (Å²) in [5, 5.41) is 9.58. The van der Waals surface area contributed by atoms with Crippen LogP contribution in [0.25, 0.3) is 0 Å². The minimum Gasteiger partial charge on any atom is -0.508 e. The van der Waals surface area contributed by atoms with E-state index < -0.39 is 0 Å². The predicted molar refractivity (Wildman–Crippen MR) is 55.1 cm³/mol. The molecular weight excluding hydrogens is 162 g/mol. The lowest BCUT2D eigenvalue weighted by Gasteiger charge is -2.17. The van der Waals surface area contributed by atoms with Crippen LogP contribution in [0.1, 0.15) is 18.4 Å². The van der Waals surface area contributed by atoms with Gasteiger partial charge < -0.3 is 10.0 Å². The van der Waals surface area contributed by atoms with Gasteiger partial charge in [0.25, 0.3) is 0 Å². The third-order valence-corrected chi connectivity index (χ3v) is 2.11. The first kappa shape index (κ1) is 10.1. The van der Waals surface area contributed by atoms with Gasteiger partial charge in [-0.25, -0.2) is 0 Å². The van der Waals surface area contributed by atoms with Gasteiger partial charge in [0.1, 0.15) is 5.75 Å². The zero-order valence-electron chi connectivity index (χ0n) is 8.49. The van der Waals surface area contributed by atoms with Crippen molar-refractivity contribution in [3.8, 4) is 5.75 Å². The number of nitrogens with zero attached hydrogens (tertiary/aromatic N) is 1. The molecule has 1 aromatic carbocycles. The first-order valence-corrected chi connectivity index (χ1v) is 4.54. The van der Waals surface area contributed by atoms with Crippen molar-refractivity contribution in [1.82, 2.24) is 4.90 Å². The Morgan fingerprint density at radius 2 is 1.92 bits per heavy atom. The van der Waals surface area contributed by atoms with E-state index in [1.54, 1.807) is 6.07 Å². The highest BCUT2D eigenvalue weighted by molar-refractivity contribution is 5.34. The summed E-state index contributed by atoms with van der Waals surface area (Å²) in [5.74, 6) is 0.771. The monoisotopic (exact) mass is 179 g/mol. The van der Waals surface area contributed by atoms with E-state index in [0.29, 0.717) is 11.7 Å². The first-order valence-electron chi connectivity index (χ1n) is 4.54. The molecule has 0 aliphatic carbocycles. The van der Waals surface area contributed by atoms with Crippen LogP contribution < -0.4 is 0 Å². The lowest BCUT2D eigenvalue weighted by atomic mass is 10.00. The molecule has 1 unspecified atom stereocenters. The molecular formula is C11H17NO. The van der Waals surface area contributed by atoms with Crippen LogP contribution in [-0.4, -0.2) is 30.6 Å². The van der Waals surface area contributed by atoms with Gasteiger partial charge in [-0.05, 0) is 31.6 Å². The van der Waals surface area contributed by atoms with Gasteiger partial charge in [0.05, 0.1) is 0 Å². The molecule has 0 heterocycles. The predicted octanol–water partition coefficient (Wildman–Crippen LogP) is 2.06. The number of phenolic OH excluding ortho intramolecular Hbond substituents is 1. The van der Waals surface area contributed by atoms with Gasteiger partial charge in [-0.1, -0.05) is 25.1 Å². The molecule has 1 rings (SSSR count). The van der Waals surface area contributed by atoms with E-state index in [4.69, 9.17) is 0 Å². The van der Waals surface area contributed by atoms with Crippen molar-refractivity contribution in [2.45, 2.75) is 12.8 Å². The Kier molecular flexibility index (Phi) is 3.32. The van der Waals surface area contributed by atoms with E-state index >= 15 is 0 Å². The van der Waals surface area contributed by atoms with Gasteiger partial charge in [-0.15, -0.1) is 0 Å². The number of benzene rings is 1. The molecule has 2 heteroatoms. The topological polar surface area (TPSA) is 23.5 Å². The highest BCUT2D eigenvalue weighted by Crippen LogP contribution is 2.24. The summed E-state index contributed by atoms with van der Waals surface area (Å²) < 4.78 is 0. The van der Waals surface area contributed by atoms with Crippen LogP contribution in [0.2, 0.25) is 0 Å². The zero-order valence-corrected chi connectivity index (χ0v) is 8.49. The molecule has 0 spiro atoms. The van der Waals surface area contributed by atoms with E-state index in [1.807, 2.05) is 32.3 Å². The number of rotatable bonds is 3. The SMILES string of the molecule is CC(CN(C)C)c1ccccc1O. The Hall–Kier alpha value is -1.02. The maximum atomic E-state index is 9.58. The largest absolute Gasteiger partial charge is 0.508 e. The molecule has 0 fully saturated rings. The van der Waals surface area contributed by atoms with E-state index in [0.717, 1.165) is 12.1 Å². The number of phenols is 1. The number of hydrogen-bond acceptors (Lipinski definition) is 2. The van der Waals surface area contributed by atoms with Crippen LogP contribution in [0.15, 0.2) is 24.3 Å². The average molecular weight is 179 g/mol. The van der Waals surface area contributed by atoms with Crippen molar-refractivity contribution in [3.05, 3.63) is 29.8 Å². The fourth-order valence-electron chi connectivity index (χ4n) is 1.55. The Morgan fingerprint density at radius 3 is 2.46 bits per heavy atom. The Morgan fingerprint density at radius 1 is 1.31 bits per heavy atom. The summed E-state index contributed by atoms with van der Waals surface area (Å²) in [6, 6.07) is 7.52. The van der Waals surface area contributed by atoms with E-state index in [-0.39, 0.29) is 0 Å². The molecule has 72 valence electrons. The highest BCUT2D eigenvalue weighted by Gasteiger charge is 2.09. The molecule has 0 bridgehead atoms. The van der Waals surface area contributed by atoms with E-state index in [2.05, 4.69) is 11.8 Å². The summed E-state index contributed by atoms with van der Waals surface area (Å²) >= 11 is 0. The van der Waals surface area contributed by atoms with Crippen molar-refractivity contribution >= 4 is 0 Å². The van der Waals surface area contributed by atoms with Gasteiger partial charge in [0.15, 0.2) is 0 Å². The van der Waals surface area contributed by atoms with Gasteiger partial charge in [0.2, 0.25) is 0 Å². The highest BCUT2D eigenvalue weighted by atomic mass is 16.3. The minimum atomic E-state index is 0.371. The molecule has 1 atom stereocenters. The lowest BCUT2D eigenvalue weighted by molar-refractivity contribution is 0.375. The maximum Gasteiger partial charge on any atom is 0.119 e. The maximum absolute atomic E-state index is 9.58. The third kappa shape index (κ3) is 2.74. The van der Waals surface area contributed by atoms with Crippen molar-refractivity contribution in [2.24, 2.45) is 0 Å². The minimum absolute atomic E-state index is 0.371. The van der Waals surface area contributed by atoms with E-state index in [1.165, 1.54) is 0 Å². The summed E-state index contributed by atoms with van der Waals surface area (Å²) in [6.45, 7) is 3.08. The van der Waals surface area contributed by atoms with Crippen molar-refractivity contribution in [2.75, 3.05) is 20.6 Å². The van der Waals surface area contributed by atoms with Crippen molar-refractivity contribution in [3.63, 3.8) is 0 Å². The fourth-order valence-corrected chi connectivity index (χ4v) is 1.55. The third-order valence-electron chi connectivity index (χ3n) is 2.11. The standard InChI is InChI=1S/C11H17NO/c1-9(8-12(2)3)10-6-4-5-7-11(10)13/h4-7,9,13H,8H2,1-3H3. The van der Waals surface area contributed by atoms with Crippen LogP contribution in [-0.2, 0) is 0 Å². The Bertz CT molecular complexity index is 271. The fraction of sp³-hybridized carbons (Fsp3) is 0.455. The summed E-state index contributed by atoms with van der Waals surface area (Å²) in [4.78, 5) is 2.12. The molecule has 2 nitrogen and oxygen atoms in total. The van der Waals surface area contributed by atoms with Crippen LogP contribution in [0, 0.1) is 0 Å². The molecule has 13 heavy (non-hydrogen) atoms. The summed E-state index contributed by atoms with van der Waals surface area (Å²) in [5.41, 5.74) is 1.02. The van der Waals surface area contributed by atoms with Crippen LogP contribution in [0.4, 0.5) is 0 Å². The molecule has 0 aliphatic heterocycles. The Labute approximate surface area is 79.8 Å². The quantitative estimate of drug-likeness (QED) is 0.767. The normalized spacial score (nSPS) is 13.2. The number of likely N-dealkylation sites (N-methyl/N-ethyl adjacent to an activating group) is 1. The zero-order chi connectivity index (χ0) is 9.84.